The maximum absolute atomic E-state index is 13.0. The van der Waals surface area contributed by atoms with Crippen molar-refractivity contribution in [3.8, 4) is 0 Å². The first-order valence-corrected chi connectivity index (χ1v) is 11.1. The van der Waals surface area contributed by atoms with Crippen LogP contribution in [0.3, 0.4) is 0 Å². The second-order valence-corrected chi connectivity index (χ2v) is 8.65. The molecule has 5 heteroatoms. The van der Waals surface area contributed by atoms with Gasteiger partial charge in [-0.3, -0.25) is 14.5 Å². The van der Waals surface area contributed by atoms with E-state index in [2.05, 4.69) is 34.1 Å². The number of benzene rings is 1. The van der Waals surface area contributed by atoms with Gasteiger partial charge in [0.25, 0.3) is 0 Å². The molecule has 2 saturated heterocycles. The average Bonchev–Trinajstić information content (AvgIpc) is 3.02. The molecule has 0 spiro atoms. The Labute approximate surface area is 168 Å². The van der Waals surface area contributed by atoms with Gasteiger partial charge < -0.3 is 9.80 Å². The predicted molar refractivity (Wildman–Crippen MR) is 110 cm³/mol. The normalized spacial score (nSPS) is 23.8. The van der Waals surface area contributed by atoms with Gasteiger partial charge in [0, 0.05) is 32.7 Å². The highest BCUT2D eigenvalue weighted by molar-refractivity contribution is 5.80. The van der Waals surface area contributed by atoms with Gasteiger partial charge in [-0.1, -0.05) is 37.1 Å². The van der Waals surface area contributed by atoms with Crippen LogP contribution in [0.2, 0.25) is 0 Å². The highest BCUT2D eigenvalue weighted by atomic mass is 16.2. The lowest BCUT2D eigenvalue weighted by atomic mass is 9.96. The van der Waals surface area contributed by atoms with E-state index in [0.29, 0.717) is 12.5 Å². The number of piperidine rings is 1. The van der Waals surface area contributed by atoms with Gasteiger partial charge in [0.05, 0.1) is 12.5 Å². The second-order valence-electron chi connectivity index (χ2n) is 8.65. The number of carbonyl (C=O) groups is 2. The Kier molecular flexibility index (Phi) is 6.30. The summed E-state index contributed by atoms with van der Waals surface area (Å²) in [5, 5.41) is 0. The van der Waals surface area contributed by atoms with Crippen molar-refractivity contribution in [2.75, 3.05) is 39.3 Å². The molecule has 0 aromatic heterocycles. The molecule has 0 radical (unpaired) electrons. The van der Waals surface area contributed by atoms with Crippen molar-refractivity contribution < 1.29 is 9.59 Å². The van der Waals surface area contributed by atoms with Crippen molar-refractivity contribution in [1.29, 1.82) is 0 Å². The maximum atomic E-state index is 13.0. The lowest BCUT2D eigenvalue weighted by Crippen LogP contribution is -2.49. The van der Waals surface area contributed by atoms with E-state index in [9.17, 15) is 9.59 Å². The maximum Gasteiger partial charge on any atom is 0.237 e. The minimum atomic E-state index is 0.0710. The number of hydrogen-bond acceptors (Lipinski definition) is 3. The van der Waals surface area contributed by atoms with E-state index in [0.717, 1.165) is 71.4 Å². The van der Waals surface area contributed by atoms with E-state index in [-0.39, 0.29) is 11.8 Å². The molecule has 1 aromatic carbocycles. The number of rotatable bonds is 3. The summed E-state index contributed by atoms with van der Waals surface area (Å²) in [7, 11) is 0. The SMILES string of the molecule is O=C(CN1CCC[C@H](C(=O)N2CCCCCC2)C1)N1CCc2ccccc2C1. The fourth-order valence-electron chi connectivity index (χ4n) is 4.95. The lowest BCUT2D eigenvalue weighted by Gasteiger charge is -2.36. The monoisotopic (exact) mass is 383 g/mol. The number of likely N-dealkylation sites (tertiary alicyclic amines) is 2. The molecule has 1 atom stereocenters. The van der Waals surface area contributed by atoms with Gasteiger partial charge in [0.15, 0.2) is 0 Å². The van der Waals surface area contributed by atoms with Crippen LogP contribution in [-0.4, -0.2) is 65.8 Å². The van der Waals surface area contributed by atoms with Crippen LogP contribution in [-0.2, 0) is 22.6 Å². The largest absolute Gasteiger partial charge is 0.342 e. The minimum absolute atomic E-state index is 0.0710. The quantitative estimate of drug-likeness (QED) is 0.806. The van der Waals surface area contributed by atoms with Crippen LogP contribution in [0.4, 0.5) is 0 Å². The summed E-state index contributed by atoms with van der Waals surface area (Å²) in [6, 6.07) is 8.42. The van der Waals surface area contributed by atoms with E-state index >= 15 is 0 Å². The van der Waals surface area contributed by atoms with Gasteiger partial charge in [-0.25, -0.2) is 0 Å². The van der Waals surface area contributed by atoms with Crippen molar-refractivity contribution in [2.45, 2.75) is 51.5 Å². The number of carbonyl (C=O) groups excluding carboxylic acids is 2. The molecule has 2 amide bonds. The molecule has 1 aromatic rings. The Morgan fingerprint density at radius 1 is 0.857 bits per heavy atom. The van der Waals surface area contributed by atoms with E-state index in [1.165, 1.54) is 24.0 Å². The molecule has 28 heavy (non-hydrogen) atoms. The fourth-order valence-corrected chi connectivity index (χ4v) is 4.95. The zero-order valence-corrected chi connectivity index (χ0v) is 16.9. The fraction of sp³-hybridized carbons (Fsp3) is 0.652. The van der Waals surface area contributed by atoms with Crippen molar-refractivity contribution >= 4 is 11.8 Å². The molecule has 3 aliphatic rings. The molecule has 3 aliphatic heterocycles. The molecule has 5 nitrogen and oxygen atoms in total. The standard InChI is InChI=1S/C23H33N3O2/c27-22(26-15-11-19-8-3-4-9-20(19)17-26)18-24-12-7-10-21(16-24)23(28)25-13-5-1-2-6-14-25/h3-4,8-9,21H,1-2,5-7,10-18H2/t21-/m0/s1. The smallest absolute Gasteiger partial charge is 0.237 e. The van der Waals surface area contributed by atoms with Crippen LogP contribution in [0.1, 0.15) is 49.7 Å². The van der Waals surface area contributed by atoms with Crippen LogP contribution in [0.15, 0.2) is 24.3 Å². The summed E-state index contributed by atoms with van der Waals surface area (Å²) < 4.78 is 0. The molecule has 0 aliphatic carbocycles. The topological polar surface area (TPSA) is 43.9 Å². The second kappa shape index (κ2) is 9.08. The molecule has 152 valence electrons. The Morgan fingerprint density at radius 3 is 2.39 bits per heavy atom. The Hall–Kier alpha value is -1.88. The number of amides is 2. The third-order valence-electron chi connectivity index (χ3n) is 6.61. The van der Waals surface area contributed by atoms with Crippen LogP contribution >= 0.6 is 0 Å². The van der Waals surface area contributed by atoms with Crippen molar-refractivity contribution in [2.24, 2.45) is 5.92 Å². The van der Waals surface area contributed by atoms with Gasteiger partial charge in [-0.2, -0.15) is 0 Å². The zero-order valence-electron chi connectivity index (χ0n) is 16.9. The summed E-state index contributed by atoms with van der Waals surface area (Å²) in [4.78, 5) is 32.2. The lowest BCUT2D eigenvalue weighted by molar-refractivity contribution is -0.140. The summed E-state index contributed by atoms with van der Waals surface area (Å²) in [6.07, 6.45) is 7.69. The van der Waals surface area contributed by atoms with E-state index < -0.39 is 0 Å². The molecule has 0 bridgehead atoms. The van der Waals surface area contributed by atoms with Gasteiger partial charge in [0.1, 0.15) is 0 Å². The summed E-state index contributed by atoms with van der Waals surface area (Å²) in [6.45, 7) is 5.49. The van der Waals surface area contributed by atoms with E-state index in [1.54, 1.807) is 0 Å². The number of hydrogen-bond donors (Lipinski definition) is 0. The molecule has 3 heterocycles. The van der Waals surface area contributed by atoms with E-state index in [4.69, 9.17) is 0 Å². The molecule has 0 saturated carbocycles. The molecular weight excluding hydrogens is 350 g/mol. The average molecular weight is 384 g/mol. The Balaban J connectivity index is 1.31. The molecular formula is C23H33N3O2. The van der Waals surface area contributed by atoms with Crippen molar-refractivity contribution in [1.82, 2.24) is 14.7 Å². The summed E-state index contributed by atoms with van der Waals surface area (Å²) >= 11 is 0. The van der Waals surface area contributed by atoms with Crippen LogP contribution in [0, 0.1) is 5.92 Å². The van der Waals surface area contributed by atoms with Gasteiger partial charge in [-0.15, -0.1) is 0 Å². The first-order valence-electron chi connectivity index (χ1n) is 11.1. The van der Waals surface area contributed by atoms with Crippen molar-refractivity contribution in [3.63, 3.8) is 0 Å². The van der Waals surface area contributed by atoms with Crippen LogP contribution in [0.25, 0.3) is 0 Å². The summed E-state index contributed by atoms with van der Waals surface area (Å²) in [5.74, 6) is 0.602. The number of fused-ring (bicyclic) bond motifs is 1. The van der Waals surface area contributed by atoms with Crippen LogP contribution in [0.5, 0.6) is 0 Å². The highest BCUT2D eigenvalue weighted by Gasteiger charge is 2.31. The van der Waals surface area contributed by atoms with E-state index in [1.807, 2.05) is 4.90 Å². The zero-order chi connectivity index (χ0) is 19.3. The molecule has 4 rings (SSSR count). The third kappa shape index (κ3) is 4.57. The molecule has 0 N–H and O–H groups in total. The van der Waals surface area contributed by atoms with Gasteiger partial charge >= 0.3 is 0 Å². The Morgan fingerprint density at radius 2 is 1.61 bits per heavy atom. The predicted octanol–water partition coefficient (Wildman–Crippen LogP) is 2.69. The van der Waals surface area contributed by atoms with Crippen LogP contribution < -0.4 is 0 Å². The van der Waals surface area contributed by atoms with Gasteiger partial charge in [-0.05, 0) is 49.8 Å². The van der Waals surface area contributed by atoms with Crippen molar-refractivity contribution in [3.05, 3.63) is 35.4 Å². The first kappa shape index (κ1) is 19.4. The summed E-state index contributed by atoms with van der Waals surface area (Å²) in [5.41, 5.74) is 2.64. The van der Waals surface area contributed by atoms with Gasteiger partial charge in [0.2, 0.25) is 11.8 Å². The first-order chi connectivity index (χ1) is 13.7. The molecule has 0 unspecified atom stereocenters. The Bertz CT molecular complexity index is 697. The third-order valence-corrected chi connectivity index (χ3v) is 6.61. The molecule has 2 fully saturated rings. The number of nitrogens with zero attached hydrogens (tertiary/aromatic N) is 3. The highest BCUT2D eigenvalue weighted by Crippen LogP contribution is 2.22. The minimum Gasteiger partial charge on any atom is -0.342 e.